The van der Waals surface area contributed by atoms with Crippen molar-refractivity contribution in [2.75, 3.05) is 0 Å². The Hall–Kier alpha value is -1.89. The molecule has 0 aromatic heterocycles. The molecule has 0 aliphatic heterocycles. The van der Waals surface area contributed by atoms with Crippen molar-refractivity contribution in [1.29, 1.82) is 0 Å². The van der Waals surface area contributed by atoms with Crippen LogP contribution in [0.4, 0.5) is 0 Å². The minimum absolute atomic E-state index is 0.217. The number of ketones is 1. The molecule has 0 bridgehead atoms. The molecule has 3 unspecified atom stereocenters. The molecule has 2 aromatic carbocycles. The molecule has 0 saturated heterocycles. The molecule has 0 radical (unpaired) electrons. The summed E-state index contributed by atoms with van der Waals surface area (Å²) < 4.78 is 0. The highest BCUT2D eigenvalue weighted by molar-refractivity contribution is 6.02. The summed E-state index contributed by atoms with van der Waals surface area (Å²) in [5.74, 6) is 1.63. The van der Waals surface area contributed by atoms with E-state index in [0.29, 0.717) is 17.6 Å². The van der Waals surface area contributed by atoms with Gasteiger partial charge in [0, 0.05) is 11.5 Å². The van der Waals surface area contributed by atoms with Gasteiger partial charge in [-0.25, -0.2) is 0 Å². The molecule has 0 spiro atoms. The standard InChI is InChI=1S/C20H20O/c1-12-6-5-9-15(13(12)2)20(21)19-17-11-10-14-7-3-4-8-16(14)18(17)19/h3-9,17-19H,10-11H2,1-2H3. The zero-order valence-electron chi connectivity index (χ0n) is 12.6. The maximum absolute atomic E-state index is 13.0. The summed E-state index contributed by atoms with van der Waals surface area (Å²) in [6, 6.07) is 14.8. The smallest absolute Gasteiger partial charge is 0.167 e. The number of aryl methyl sites for hydroxylation is 2. The Balaban J connectivity index is 1.68. The topological polar surface area (TPSA) is 17.1 Å². The Labute approximate surface area is 126 Å². The Morgan fingerprint density at radius 1 is 1.05 bits per heavy atom. The lowest BCUT2D eigenvalue weighted by Gasteiger charge is -2.13. The fraction of sp³-hybridized carbons (Fsp3) is 0.350. The van der Waals surface area contributed by atoms with Crippen LogP contribution in [0.2, 0.25) is 0 Å². The van der Waals surface area contributed by atoms with Crippen LogP contribution in [0.15, 0.2) is 42.5 Å². The van der Waals surface area contributed by atoms with Gasteiger partial charge in [-0.1, -0.05) is 42.5 Å². The molecule has 1 saturated carbocycles. The molecule has 4 rings (SSSR count). The number of rotatable bonds is 2. The Morgan fingerprint density at radius 2 is 1.86 bits per heavy atom. The first kappa shape index (κ1) is 12.8. The van der Waals surface area contributed by atoms with E-state index in [1.165, 1.54) is 23.1 Å². The van der Waals surface area contributed by atoms with Gasteiger partial charge in [-0.3, -0.25) is 4.79 Å². The highest BCUT2D eigenvalue weighted by Crippen LogP contribution is 2.60. The fourth-order valence-electron chi connectivity index (χ4n) is 4.12. The van der Waals surface area contributed by atoms with E-state index in [4.69, 9.17) is 0 Å². The van der Waals surface area contributed by atoms with Crippen LogP contribution in [-0.4, -0.2) is 5.78 Å². The van der Waals surface area contributed by atoms with Gasteiger partial charge in [0.2, 0.25) is 0 Å². The third-order valence-corrected chi connectivity index (χ3v) is 5.50. The minimum atomic E-state index is 0.217. The van der Waals surface area contributed by atoms with Gasteiger partial charge in [0.05, 0.1) is 0 Å². The van der Waals surface area contributed by atoms with E-state index in [0.717, 1.165) is 17.5 Å². The van der Waals surface area contributed by atoms with Crippen molar-refractivity contribution in [3.8, 4) is 0 Å². The predicted molar refractivity (Wildman–Crippen MR) is 84.7 cm³/mol. The molecule has 3 atom stereocenters. The molecular formula is C20H20O. The Morgan fingerprint density at radius 3 is 2.71 bits per heavy atom. The monoisotopic (exact) mass is 276 g/mol. The summed E-state index contributed by atoms with van der Waals surface area (Å²) >= 11 is 0. The van der Waals surface area contributed by atoms with E-state index in [-0.39, 0.29) is 5.92 Å². The highest BCUT2D eigenvalue weighted by Gasteiger charge is 2.56. The van der Waals surface area contributed by atoms with Gasteiger partial charge in [-0.15, -0.1) is 0 Å². The van der Waals surface area contributed by atoms with Crippen molar-refractivity contribution < 1.29 is 4.79 Å². The normalized spacial score (nSPS) is 25.9. The van der Waals surface area contributed by atoms with Crippen LogP contribution in [-0.2, 0) is 6.42 Å². The van der Waals surface area contributed by atoms with Crippen molar-refractivity contribution in [3.05, 3.63) is 70.3 Å². The average molecular weight is 276 g/mol. The highest BCUT2D eigenvalue weighted by atomic mass is 16.1. The largest absolute Gasteiger partial charge is 0.294 e. The van der Waals surface area contributed by atoms with Crippen molar-refractivity contribution in [3.63, 3.8) is 0 Å². The first-order chi connectivity index (χ1) is 10.2. The Bertz CT molecular complexity index is 728. The van der Waals surface area contributed by atoms with Gasteiger partial charge < -0.3 is 0 Å². The fourth-order valence-corrected chi connectivity index (χ4v) is 4.12. The maximum Gasteiger partial charge on any atom is 0.167 e. The van der Waals surface area contributed by atoms with Crippen molar-refractivity contribution >= 4 is 5.78 Å². The number of Topliss-reactive ketones (excluding diaryl/α,β-unsaturated/α-hetero) is 1. The van der Waals surface area contributed by atoms with Gasteiger partial charge in [-0.05, 0) is 60.8 Å². The molecular weight excluding hydrogens is 256 g/mol. The molecule has 2 aliphatic carbocycles. The van der Waals surface area contributed by atoms with E-state index in [2.05, 4.69) is 44.2 Å². The number of carbonyl (C=O) groups excluding carboxylic acids is 1. The number of fused-ring (bicyclic) bond motifs is 3. The minimum Gasteiger partial charge on any atom is -0.294 e. The zero-order chi connectivity index (χ0) is 14.6. The molecule has 21 heavy (non-hydrogen) atoms. The molecule has 2 aliphatic rings. The van der Waals surface area contributed by atoms with Crippen LogP contribution < -0.4 is 0 Å². The van der Waals surface area contributed by atoms with Crippen LogP contribution in [0, 0.1) is 25.7 Å². The SMILES string of the molecule is Cc1cccc(C(=O)C2C3CCc4ccccc4C32)c1C. The molecule has 1 heteroatoms. The second kappa shape index (κ2) is 4.56. The van der Waals surface area contributed by atoms with Crippen molar-refractivity contribution in [1.82, 2.24) is 0 Å². The van der Waals surface area contributed by atoms with Crippen LogP contribution in [0.5, 0.6) is 0 Å². The van der Waals surface area contributed by atoms with E-state index < -0.39 is 0 Å². The second-order valence-electron chi connectivity index (χ2n) is 6.56. The number of benzene rings is 2. The first-order valence-electron chi connectivity index (χ1n) is 7.86. The molecule has 0 N–H and O–H groups in total. The van der Waals surface area contributed by atoms with Crippen LogP contribution in [0.3, 0.4) is 0 Å². The summed E-state index contributed by atoms with van der Waals surface area (Å²) in [6.07, 6.45) is 2.30. The quantitative estimate of drug-likeness (QED) is 0.740. The van der Waals surface area contributed by atoms with Crippen LogP contribution in [0.25, 0.3) is 0 Å². The van der Waals surface area contributed by atoms with Gasteiger partial charge >= 0.3 is 0 Å². The van der Waals surface area contributed by atoms with Crippen molar-refractivity contribution in [2.24, 2.45) is 11.8 Å². The number of carbonyl (C=O) groups is 1. The van der Waals surface area contributed by atoms with Gasteiger partial charge in [0.25, 0.3) is 0 Å². The van der Waals surface area contributed by atoms with Crippen LogP contribution in [0.1, 0.15) is 45.0 Å². The lowest BCUT2D eigenvalue weighted by atomic mass is 9.92. The van der Waals surface area contributed by atoms with Gasteiger partial charge in [0.15, 0.2) is 5.78 Å². The van der Waals surface area contributed by atoms with E-state index >= 15 is 0 Å². The summed E-state index contributed by atoms with van der Waals surface area (Å²) in [4.78, 5) is 13.0. The summed E-state index contributed by atoms with van der Waals surface area (Å²) in [5, 5.41) is 0. The molecule has 0 amide bonds. The molecule has 2 aromatic rings. The lowest BCUT2D eigenvalue weighted by molar-refractivity contribution is 0.0958. The average Bonchev–Trinajstić information content (AvgIpc) is 3.24. The predicted octanol–water partition coefficient (Wildman–Crippen LogP) is 4.46. The van der Waals surface area contributed by atoms with Crippen molar-refractivity contribution in [2.45, 2.75) is 32.6 Å². The molecule has 0 heterocycles. The maximum atomic E-state index is 13.0. The summed E-state index contributed by atoms with van der Waals surface area (Å²) in [5.41, 5.74) is 6.18. The number of hydrogen-bond acceptors (Lipinski definition) is 1. The third kappa shape index (κ3) is 1.87. The Kier molecular flexibility index (Phi) is 2.78. The number of hydrogen-bond donors (Lipinski definition) is 0. The van der Waals surface area contributed by atoms with Gasteiger partial charge in [0.1, 0.15) is 0 Å². The summed E-state index contributed by atoms with van der Waals surface area (Å²) in [6.45, 7) is 4.16. The molecule has 106 valence electrons. The van der Waals surface area contributed by atoms with E-state index in [9.17, 15) is 4.79 Å². The third-order valence-electron chi connectivity index (χ3n) is 5.50. The summed E-state index contributed by atoms with van der Waals surface area (Å²) in [7, 11) is 0. The second-order valence-corrected chi connectivity index (χ2v) is 6.56. The first-order valence-corrected chi connectivity index (χ1v) is 7.86. The van der Waals surface area contributed by atoms with Gasteiger partial charge in [-0.2, -0.15) is 0 Å². The molecule has 1 nitrogen and oxygen atoms in total. The van der Waals surface area contributed by atoms with Crippen LogP contribution >= 0.6 is 0 Å². The lowest BCUT2D eigenvalue weighted by Crippen LogP contribution is -2.07. The molecule has 1 fully saturated rings. The zero-order valence-corrected chi connectivity index (χ0v) is 12.6. The van der Waals surface area contributed by atoms with E-state index in [1.807, 2.05) is 12.1 Å². The van der Waals surface area contributed by atoms with E-state index in [1.54, 1.807) is 0 Å².